The van der Waals surface area contributed by atoms with Crippen LogP contribution in [-0.4, -0.2) is 47.1 Å². The lowest BCUT2D eigenvalue weighted by Crippen LogP contribution is -2.38. The molecule has 1 aromatic heterocycles. The Morgan fingerprint density at radius 2 is 2.00 bits per heavy atom. The highest BCUT2D eigenvalue weighted by atomic mass is 16.3. The molecule has 0 radical (unpaired) electrons. The second-order valence-electron chi connectivity index (χ2n) is 5.74. The molecule has 2 N–H and O–H groups in total. The van der Waals surface area contributed by atoms with E-state index in [1.165, 1.54) is 0 Å². The lowest BCUT2D eigenvalue weighted by Gasteiger charge is -2.27. The summed E-state index contributed by atoms with van der Waals surface area (Å²) in [6, 6.07) is 3.74. The van der Waals surface area contributed by atoms with E-state index in [4.69, 9.17) is 5.11 Å². The Bertz CT molecular complexity index is 473. The van der Waals surface area contributed by atoms with Crippen molar-refractivity contribution in [3.63, 3.8) is 0 Å². The van der Waals surface area contributed by atoms with Crippen LogP contribution in [0.5, 0.6) is 0 Å². The van der Waals surface area contributed by atoms with Gasteiger partial charge in [-0.1, -0.05) is 13.8 Å². The average Bonchev–Trinajstić information content (AvgIpc) is 2.46. The van der Waals surface area contributed by atoms with E-state index in [0.29, 0.717) is 24.3 Å². The highest BCUT2D eigenvalue weighted by molar-refractivity contribution is 5.95. The van der Waals surface area contributed by atoms with E-state index in [1.807, 2.05) is 19.9 Å². The molecule has 0 aliphatic carbocycles. The summed E-state index contributed by atoms with van der Waals surface area (Å²) in [7, 11) is 1.80. The second kappa shape index (κ2) is 7.98. The molecule has 1 heterocycles. The number of hydrogen-bond acceptors (Lipinski definition) is 4. The van der Waals surface area contributed by atoms with Gasteiger partial charge in [0.25, 0.3) is 5.91 Å². The maximum absolute atomic E-state index is 12.7. The zero-order valence-electron chi connectivity index (χ0n) is 13.7. The monoisotopic (exact) mass is 293 g/mol. The number of amides is 1. The van der Waals surface area contributed by atoms with Gasteiger partial charge in [-0.2, -0.15) is 0 Å². The Morgan fingerprint density at radius 3 is 2.48 bits per heavy atom. The molecule has 1 rings (SSSR count). The highest BCUT2D eigenvalue weighted by Crippen LogP contribution is 2.19. The Hall–Kier alpha value is -1.62. The fourth-order valence-electron chi connectivity index (χ4n) is 2.10. The molecule has 0 atom stereocenters. The molecule has 0 aliphatic heterocycles. The third kappa shape index (κ3) is 4.70. The highest BCUT2D eigenvalue weighted by Gasteiger charge is 2.20. The van der Waals surface area contributed by atoms with Crippen LogP contribution in [0.2, 0.25) is 0 Å². The van der Waals surface area contributed by atoms with Crippen molar-refractivity contribution in [3.8, 4) is 0 Å². The fourth-order valence-corrected chi connectivity index (χ4v) is 2.10. The van der Waals surface area contributed by atoms with Crippen molar-refractivity contribution in [1.29, 1.82) is 0 Å². The normalized spacial score (nSPS) is 11.0. The average molecular weight is 293 g/mol. The number of nitrogens with one attached hydrogen (secondary N) is 1. The minimum atomic E-state index is -0.0146. The summed E-state index contributed by atoms with van der Waals surface area (Å²) in [5.41, 5.74) is 1.54. The lowest BCUT2D eigenvalue weighted by atomic mass is 10.1. The van der Waals surface area contributed by atoms with Crippen molar-refractivity contribution in [3.05, 3.63) is 23.4 Å². The van der Waals surface area contributed by atoms with E-state index in [9.17, 15) is 4.79 Å². The molecule has 0 fully saturated rings. The summed E-state index contributed by atoms with van der Waals surface area (Å²) in [6.07, 6.45) is 0.588. The zero-order valence-corrected chi connectivity index (χ0v) is 13.7. The van der Waals surface area contributed by atoms with Crippen LogP contribution in [0, 0.1) is 0 Å². The van der Waals surface area contributed by atoms with Crippen LogP contribution < -0.4 is 5.32 Å². The van der Waals surface area contributed by atoms with Gasteiger partial charge < -0.3 is 15.3 Å². The Morgan fingerprint density at radius 1 is 1.33 bits per heavy atom. The SMILES string of the molecule is CNc1cc(C(=O)N(CCCO)C(C)C)cc(C(C)C)n1. The third-order valence-corrected chi connectivity index (χ3v) is 3.38. The summed E-state index contributed by atoms with van der Waals surface area (Å²) < 4.78 is 0. The van der Waals surface area contributed by atoms with Gasteiger partial charge >= 0.3 is 0 Å². The van der Waals surface area contributed by atoms with Crippen LogP contribution in [0.4, 0.5) is 5.82 Å². The first kappa shape index (κ1) is 17.4. The minimum absolute atomic E-state index is 0.0146. The molecule has 118 valence electrons. The van der Waals surface area contributed by atoms with Gasteiger partial charge in [-0.3, -0.25) is 4.79 Å². The number of rotatable bonds is 7. The minimum Gasteiger partial charge on any atom is -0.396 e. The quantitative estimate of drug-likeness (QED) is 0.810. The summed E-state index contributed by atoms with van der Waals surface area (Å²) in [5, 5.41) is 12.0. The largest absolute Gasteiger partial charge is 0.396 e. The maximum atomic E-state index is 12.7. The van der Waals surface area contributed by atoms with E-state index in [2.05, 4.69) is 24.1 Å². The van der Waals surface area contributed by atoms with Crippen LogP contribution in [0.1, 0.15) is 56.1 Å². The molecule has 1 aromatic rings. The predicted molar refractivity (Wildman–Crippen MR) is 85.7 cm³/mol. The van der Waals surface area contributed by atoms with Gasteiger partial charge in [-0.25, -0.2) is 4.98 Å². The molecule has 0 aliphatic rings. The molecule has 0 aromatic carbocycles. The fraction of sp³-hybridized carbons (Fsp3) is 0.625. The van der Waals surface area contributed by atoms with Gasteiger partial charge in [0.2, 0.25) is 0 Å². The third-order valence-electron chi connectivity index (χ3n) is 3.38. The van der Waals surface area contributed by atoms with Gasteiger partial charge in [0.1, 0.15) is 5.82 Å². The van der Waals surface area contributed by atoms with Gasteiger partial charge in [0, 0.05) is 37.5 Å². The lowest BCUT2D eigenvalue weighted by molar-refractivity contribution is 0.0693. The number of aliphatic hydroxyl groups is 1. The number of nitrogens with zero attached hydrogens (tertiary/aromatic N) is 2. The van der Waals surface area contributed by atoms with Crippen molar-refractivity contribution in [2.24, 2.45) is 0 Å². The molecule has 1 amide bonds. The molecule has 0 unspecified atom stereocenters. The van der Waals surface area contributed by atoms with Crippen LogP contribution in [0.15, 0.2) is 12.1 Å². The van der Waals surface area contributed by atoms with Gasteiger partial charge in [-0.05, 0) is 38.3 Å². The molecule has 0 saturated heterocycles. The molecular formula is C16H27N3O2. The number of aromatic nitrogens is 1. The van der Waals surface area contributed by atoms with Crippen molar-refractivity contribution in [1.82, 2.24) is 9.88 Å². The van der Waals surface area contributed by atoms with Crippen molar-refractivity contribution < 1.29 is 9.90 Å². The molecule has 21 heavy (non-hydrogen) atoms. The van der Waals surface area contributed by atoms with Gasteiger partial charge in [-0.15, -0.1) is 0 Å². The number of carbonyl (C=O) groups excluding carboxylic acids is 1. The number of hydrogen-bond donors (Lipinski definition) is 2. The molecule has 5 nitrogen and oxygen atoms in total. The van der Waals surface area contributed by atoms with Crippen LogP contribution >= 0.6 is 0 Å². The smallest absolute Gasteiger partial charge is 0.254 e. The predicted octanol–water partition coefficient (Wildman–Crippen LogP) is 2.48. The van der Waals surface area contributed by atoms with E-state index in [-0.39, 0.29) is 24.5 Å². The topological polar surface area (TPSA) is 65.5 Å². The maximum Gasteiger partial charge on any atom is 0.254 e. The first-order valence-corrected chi connectivity index (χ1v) is 7.52. The number of anilines is 1. The Labute approximate surface area is 127 Å². The molecule has 0 spiro atoms. The van der Waals surface area contributed by atoms with E-state index >= 15 is 0 Å². The summed E-state index contributed by atoms with van der Waals surface area (Å²) in [5.74, 6) is 0.949. The number of pyridine rings is 1. The molecule has 5 heteroatoms. The summed E-state index contributed by atoms with van der Waals surface area (Å²) in [6.45, 7) is 8.73. The van der Waals surface area contributed by atoms with Crippen LogP contribution in [0.25, 0.3) is 0 Å². The van der Waals surface area contributed by atoms with E-state index < -0.39 is 0 Å². The van der Waals surface area contributed by atoms with E-state index in [1.54, 1.807) is 18.0 Å². The Balaban J connectivity index is 3.11. The Kier molecular flexibility index (Phi) is 6.62. The molecular weight excluding hydrogens is 266 g/mol. The van der Waals surface area contributed by atoms with Crippen molar-refractivity contribution >= 4 is 11.7 Å². The van der Waals surface area contributed by atoms with Crippen LogP contribution in [0.3, 0.4) is 0 Å². The first-order valence-electron chi connectivity index (χ1n) is 7.52. The van der Waals surface area contributed by atoms with Gasteiger partial charge in [0.05, 0.1) is 0 Å². The second-order valence-corrected chi connectivity index (χ2v) is 5.74. The van der Waals surface area contributed by atoms with Crippen LogP contribution in [-0.2, 0) is 0 Å². The van der Waals surface area contributed by atoms with Crippen molar-refractivity contribution in [2.45, 2.75) is 46.1 Å². The standard InChI is InChI=1S/C16H27N3O2/c1-11(2)14-9-13(10-15(17-5)18-14)16(21)19(12(3)4)7-6-8-20/h9-12,20H,6-8H2,1-5H3,(H,17,18). The number of aliphatic hydroxyl groups excluding tert-OH is 1. The summed E-state index contributed by atoms with van der Waals surface area (Å²) in [4.78, 5) is 19.0. The van der Waals surface area contributed by atoms with Crippen molar-refractivity contribution in [2.75, 3.05) is 25.5 Å². The molecule has 0 saturated carbocycles. The summed E-state index contributed by atoms with van der Waals surface area (Å²) >= 11 is 0. The van der Waals surface area contributed by atoms with Gasteiger partial charge in [0.15, 0.2) is 0 Å². The zero-order chi connectivity index (χ0) is 16.0. The van der Waals surface area contributed by atoms with E-state index in [0.717, 1.165) is 5.69 Å². The molecule has 0 bridgehead atoms. The number of carbonyl (C=O) groups is 1. The first-order chi connectivity index (χ1) is 9.90.